The maximum Gasteiger partial charge on any atom is 0.237 e. The van der Waals surface area contributed by atoms with Crippen LogP contribution in [-0.4, -0.2) is 18.0 Å². The minimum Gasteiger partial charge on any atom is -0.352 e. The third-order valence-electron chi connectivity index (χ3n) is 4.25. The van der Waals surface area contributed by atoms with E-state index in [2.05, 4.69) is 26.1 Å². The van der Waals surface area contributed by atoms with Gasteiger partial charge in [-0.15, -0.1) is 0 Å². The quantitative estimate of drug-likeness (QED) is 0.793. The Morgan fingerprint density at radius 2 is 1.94 bits per heavy atom. The van der Waals surface area contributed by atoms with Gasteiger partial charge in [0.15, 0.2) is 0 Å². The minimum absolute atomic E-state index is 0.0315. The van der Waals surface area contributed by atoms with E-state index in [0.717, 1.165) is 19.3 Å². The second-order valence-electron chi connectivity index (χ2n) is 6.36. The average molecular weight is 240 g/mol. The van der Waals surface area contributed by atoms with Crippen LogP contribution < -0.4 is 11.1 Å². The first kappa shape index (κ1) is 14.5. The molecule has 3 heteroatoms. The lowest BCUT2D eigenvalue weighted by atomic mass is 9.75. The van der Waals surface area contributed by atoms with Crippen LogP contribution in [0.15, 0.2) is 0 Å². The Bertz CT molecular complexity index is 253. The highest BCUT2D eigenvalue weighted by Gasteiger charge is 2.29. The summed E-state index contributed by atoms with van der Waals surface area (Å²) in [5, 5.41) is 3.11. The van der Waals surface area contributed by atoms with Crippen molar-refractivity contribution in [3.63, 3.8) is 0 Å². The molecule has 17 heavy (non-hydrogen) atoms. The van der Waals surface area contributed by atoms with Crippen LogP contribution in [0.1, 0.15) is 59.8 Å². The number of carbonyl (C=O) groups is 1. The molecule has 2 atom stereocenters. The van der Waals surface area contributed by atoms with E-state index in [1.807, 2.05) is 6.92 Å². The fourth-order valence-corrected chi connectivity index (χ4v) is 2.35. The van der Waals surface area contributed by atoms with Crippen LogP contribution >= 0.6 is 0 Å². The molecule has 0 saturated heterocycles. The zero-order valence-corrected chi connectivity index (χ0v) is 11.8. The summed E-state index contributed by atoms with van der Waals surface area (Å²) in [6.07, 6.45) is 5.51. The van der Waals surface area contributed by atoms with E-state index in [9.17, 15) is 4.79 Å². The van der Waals surface area contributed by atoms with E-state index < -0.39 is 0 Å². The molecule has 1 fully saturated rings. The molecule has 1 aliphatic rings. The second kappa shape index (κ2) is 5.85. The third-order valence-corrected chi connectivity index (χ3v) is 4.25. The van der Waals surface area contributed by atoms with Gasteiger partial charge >= 0.3 is 0 Å². The van der Waals surface area contributed by atoms with E-state index in [-0.39, 0.29) is 17.9 Å². The highest BCUT2D eigenvalue weighted by atomic mass is 16.2. The fraction of sp³-hybridized carbons (Fsp3) is 0.929. The summed E-state index contributed by atoms with van der Waals surface area (Å²) < 4.78 is 0. The summed E-state index contributed by atoms with van der Waals surface area (Å²) >= 11 is 0. The number of nitrogens with two attached hydrogens (primary N) is 1. The maximum atomic E-state index is 11.9. The van der Waals surface area contributed by atoms with Gasteiger partial charge in [-0.25, -0.2) is 0 Å². The number of amides is 1. The van der Waals surface area contributed by atoms with Crippen LogP contribution in [0.4, 0.5) is 0 Å². The van der Waals surface area contributed by atoms with E-state index in [1.165, 1.54) is 12.8 Å². The van der Waals surface area contributed by atoms with E-state index in [0.29, 0.717) is 11.5 Å². The topological polar surface area (TPSA) is 55.1 Å². The van der Waals surface area contributed by atoms with Crippen molar-refractivity contribution >= 4 is 5.91 Å². The van der Waals surface area contributed by atoms with E-state index in [4.69, 9.17) is 5.73 Å². The first-order valence-electron chi connectivity index (χ1n) is 6.91. The zero-order valence-electron chi connectivity index (χ0n) is 11.8. The second-order valence-corrected chi connectivity index (χ2v) is 6.36. The summed E-state index contributed by atoms with van der Waals surface area (Å²) in [6.45, 7) is 8.71. The molecule has 1 amide bonds. The molecule has 0 spiro atoms. The van der Waals surface area contributed by atoms with Gasteiger partial charge in [0.2, 0.25) is 5.91 Å². The Kier molecular flexibility index (Phi) is 4.99. The first-order chi connectivity index (χ1) is 7.85. The Labute approximate surface area is 106 Å². The van der Waals surface area contributed by atoms with Gasteiger partial charge in [-0.1, -0.05) is 34.1 Å². The molecule has 0 aromatic carbocycles. The summed E-state index contributed by atoms with van der Waals surface area (Å²) in [5.41, 5.74) is 6.37. The molecular weight excluding hydrogens is 212 g/mol. The molecule has 0 unspecified atom stereocenters. The highest BCUT2D eigenvalue weighted by Crippen LogP contribution is 2.34. The molecule has 3 nitrogen and oxygen atoms in total. The molecule has 0 bridgehead atoms. The average Bonchev–Trinajstić information content (AvgIpc) is 2.29. The standard InChI is InChI=1S/C14H28N2O/c1-5-10(2)12(15)13(17)16-11-6-8-14(3,4)9-7-11/h10-12H,5-9,15H2,1-4H3,(H,16,17)/t10-,12-/m0/s1. The summed E-state index contributed by atoms with van der Waals surface area (Å²) in [5.74, 6) is 0.291. The zero-order chi connectivity index (χ0) is 13.1. The fourth-order valence-electron chi connectivity index (χ4n) is 2.35. The number of hydrogen-bond donors (Lipinski definition) is 2. The maximum absolute atomic E-state index is 11.9. The van der Waals surface area contributed by atoms with Crippen LogP contribution in [0.5, 0.6) is 0 Å². The summed E-state index contributed by atoms with van der Waals surface area (Å²) in [6, 6.07) is -0.0134. The van der Waals surface area contributed by atoms with Crippen molar-refractivity contribution in [3.05, 3.63) is 0 Å². The van der Waals surface area contributed by atoms with Crippen LogP contribution in [0.2, 0.25) is 0 Å². The van der Waals surface area contributed by atoms with Crippen molar-refractivity contribution in [2.45, 2.75) is 71.9 Å². The smallest absolute Gasteiger partial charge is 0.237 e. The van der Waals surface area contributed by atoms with Crippen molar-refractivity contribution in [1.82, 2.24) is 5.32 Å². The molecule has 0 aromatic rings. The molecular formula is C14H28N2O. The Hall–Kier alpha value is -0.570. The lowest BCUT2D eigenvalue weighted by Crippen LogP contribution is -2.49. The predicted octanol–water partition coefficient (Wildman–Crippen LogP) is 2.44. The van der Waals surface area contributed by atoms with Gasteiger partial charge in [0, 0.05) is 6.04 Å². The van der Waals surface area contributed by atoms with Gasteiger partial charge in [-0.3, -0.25) is 4.79 Å². The predicted molar refractivity (Wildman–Crippen MR) is 71.6 cm³/mol. The monoisotopic (exact) mass is 240 g/mol. The summed E-state index contributed by atoms with van der Waals surface area (Å²) in [4.78, 5) is 11.9. The number of nitrogens with one attached hydrogen (secondary N) is 1. The molecule has 1 rings (SSSR count). The molecule has 0 radical (unpaired) electrons. The van der Waals surface area contributed by atoms with Crippen LogP contribution in [0.3, 0.4) is 0 Å². The molecule has 100 valence electrons. The Morgan fingerprint density at radius 3 is 2.41 bits per heavy atom. The first-order valence-corrected chi connectivity index (χ1v) is 6.91. The van der Waals surface area contributed by atoms with Crippen molar-refractivity contribution in [2.75, 3.05) is 0 Å². The number of hydrogen-bond acceptors (Lipinski definition) is 2. The molecule has 0 aliphatic heterocycles. The minimum atomic E-state index is -0.352. The third kappa shape index (κ3) is 4.30. The van der Waals surface area contributed by atoms with Crippen LogP contribution in [-0.2, 0) is 4.79 Å². The highest BCUT2D eigenvalue weighted by molar-refractivity contribution is 5.82. The lowest BCUT2D eigenvalue weighted by molar-refractivity contribution is -0.124. The van der Waals surface area contributed by atoms with Gasteiger partial charge in [0.1, 0.15) is 0 Å². The van der Waals surface area contributed by atoms with Crippen LogP contribution in [0, 0.1) is 11.3 Å². The number of rotatable bonds is 4. The van der Waals surface area contributed by atoms with Gasteiger partial charge in [0.25, 0.3) is 0 Å². The largest absolute Gasteiger partial charge is 0.352 e. The van der Waals surface area contributed by atoms with E-state index in [1.54, 1.807) is 0 Å². The molecule has 3 N–H and O–H groups in total. The van der Waals surface area contributed by atoms with Gasteiger partial charge in [0.05, 0.1) is 6.04 Å². The lowest BCUT2D eigenvalue weighted by Gasteiger charge is -2.35. The van der Waals surface area contributed by atoms with Gasteiger partial charge in [-0.05, 0) is 37.0 Å². The Balaban J connectivity index is 2.38. The summed E-state index contributed by atoms with van der Waals surface area (Å²) in [7, 11) is 0. The van der Waals surface area contributed by atoms with Crippen molar-refractivity contribution in [3.8, 4) is 0 Å². The molecule has 0 aromatic heterocycles. The molecule has 1 saturated carbocycles. The Morgan fingerprint density at radius 1 is 1.41 bits per heavy atom. The van der Waals surface area contributed by atoms with Crippen LogP contribution in [0.25, 0.3) is 0 Å². The van der Waals surface area contributed by atoms with Gasteiger partial charge in [-0.2, -0.15) is 0 Å². The number of carbonyl (C=O) groups excluding carboxylic acids is 1. The van der Waals surface area contributed by atoms with Gasteiger partial charge < -0.3 is 11.1 Å². The molecule has 1 aliphatic carbocycles. The normalized spacial score (nSPS) is 24.1. The SMILES string of the molecule is CC[C@H](C)[C@H](N)C(=O)NC1CCC(C)(C)CC1. The molecule has 0 heterocycles. The van der Waals surface area contributed by atoms with Crippen molar-refractivity contribution in [2.24, 2.45) is 17.1 Å². The van der Waals surface area contributed by atoms with Crippen molar-refractivity contribution < 1.29 is 4.79 Å². The van der Waals surface area contributed by atoms with Crippen molar-refractivity contribution in [1.29, 1.82) is 0 Å². The van der Waals surface area contributed by atoms with E-state index >= 15 is 0 Å².